The van der Waals surface area contributed by atoms with E-state index < -0.39 is 0 Å². The van der Waals surface area contributed by atoms with Crippen LogP contribution in [0.15, 0.2) is 21.5 Å². The highest BCUT2D eigenvalue weighted by molar-refractivity contribution is 14.1. The van der Waals surface area contributed by atoms with E-state index in [9.17, 15) is 5.26 Å². The Morgan fingerprint density at radius 2 is 2.40 bits per heavy atom. The van der Waals surface area contributed by atoms with Crippen molar-refractivity contribution in [3.05, 3.63) is 37.7 Å². The minimum atomic E-state index is 0.705. The summed E-state index contributed by atoms with van der Waals surface area (Å²) in [6.07, 6.45) is 4.94. The van der Waals surface area contributed by atoms with Gasteiger partial charge in [0, 0.05) is 4.88 Å². The van der Waals surface area contributed by atoms with E-state index in [1.807, 2.05) is 12.1 Å². The SMILES string of the molecule is CC1CCc2c(sc(N=Cc3ccc(I)o3)c2C#N)C1. The van der Waals surface area contributed by atoms with Crippen LogP contribution < -0.4 is 0 Å². The predicted octanol–water partition coefficient (Wildman–Crippen LogP) is 4.69. The summed E-state index contributed by atoms with van der Waals surface area (Å²) in [5, 5.41) is 10.2. The average molecular weight is 396 g/mol. The maximum Gasteiger partial charge on any atom is 0.164 e. The monoisotopic (exact) mass is 396 g/mol. The summed E-state index contributed by atoms with van der Waals surface area (Å²) in [5.41, 5.74) is 1.98. The van der Waals surface area contributed by atoms with Gasteiger partial charge in [0.05, 0.1) is 11.8 Å². The lowest BCUT2D eigenvalue weighted by Crippen LogP contribution is -2.09. The summed E-state index contributed by atoms with van der Waals surface area (Å²) in [5.74, 6) is 1.43. The lowest BCUT2D eigenvalue weighted by atomic mass is 9.89. The maximum atomic E-state index is 9.39. The van der Waals surface area contributed by atoms with Gasteiger partial charge in [-0.15, -0.1) is 11.3 Å². The molecule has 1 aliphatic rings. The number of nitriles is 1. The molecule has 2 heterocycles. The summed E-state index contributed by atoms with van der Waals surface area (Å²) in [7, 11) is 0. The van der Waals surface area contributed by atoms with E-state index >= 15 is 0 Å². The van der Waals surface area contributed by atoms with Crippen molar-refractivity contribution in [1.82, 2.24) is 0 Å². The molecule has 20 heavy (non-hydrogen) atoms. The molecule has 0 fully saturated rings. The molecule has 102 valence electrons. The van der Waals surface area contributed by atoms with Gasteiger partial charge in [0.25, 0.3) is 0 Å². The molecule has 3 nitrogen and oxygen atoms in total. The van der Waals surface area contributed by atoms with Gasteiger partial charge in [-0.05, 0) is 65.5 Å². The van der Waals surface area contributed by atoms with Crippen molar-refractivity contribution in [1.29, 1.82) is 5.26 Å². The highest BCUT2D eigenvalue weighted by Gasteiger charge is 2.23. The van der Waals surface area contributed by atoms with Crippen molar-refractivity contribution in [2.75, 3.05) is 0 Å². The minimum absolute atomic E-state index is 0.705. The molecule has 2 aromatic heterocycles. The zero-order chi connectivity index (χ0) is 14.1. The highest BCUT2D eigenvalue weighted by atomic mass is 127. The summed E-state index contributed by atoms with van der Waals surface area (Å²) in [4.78, 5) is 5.80. The highest BCUT2D eigenvalue weighted by Crippen LogP contribution is 2.40. The molecule has 0 saturated carbocycles. The van der Waals surface area contributed by atoms with Gasteiger partial charge in [0.1, 0.15) is 16.8 Å². The molecule has 0 saturated heterocycles. The zero-order valence-corrected chi connectivity index (χ0v) is 14.0. The van der Waals surface area contributed by atoms with Gasteiger partial charge in [0.15, 0.2) is 3.77 Å². The van der Waals surface area contributed by atoms with E-state index in [0.717, 1.165) is 39.4 Å². The summed E-state index contributed by atoms with van der Waals surface area (Å²) < 4.78 is 6.29. The molecule has 0 aliphatic heterocycles. The lowest BCUT2D eigenvalue weighted by molar-refractivity contribution is 0.507. The van der Waals surface area contributed by atoms with E-state index in [2.05, 4.69) is 40.6 Å². The third-order valence-corrected chi connectivity index (χ3v) is 5.25. The number of aliphatic imine (C=N–C) groups is 1. The topological polar surface area (TPSA) is 49.3 Å². The molecule has 0 spiro atoms. The van der Waals surface area contributed by atoms with Gasteiger partial charge in [-0.2, -0.15) is 5.26 Å². The Kier molecular flexibility index (Phi) is 3.94. The Labute approximate surface area is 135 Å². The Balaban J connectivity index is 1.94. The van der Waals surface area contributed by atoms with Crippen LogP contribution in [0.25, 0.3) is 0 Å². The quantitative estimate of drug-likeness (QED) is 0.546. The standard InChI is InChI=1S/C15H13IN2OS/c1-9-2-4-11-12(7-17)15(20-13(11)6-9)18-8-10-3-5-14(16)19-10/h3,5,8-9H,2,4,6H2,1H3. The van der Waals surface area contributed by atoms with Crippen LogP contribution in [0.3, 0.4) is 0 Å². The van der Waals surface area contributed by atoms with Crippen molar-refractivity contribution >= 4 is 45.1 Å². The van der Waals surface area contributed by atoms with Crippen LogP contribution in [-0.2, 0) is 12.8 Å². The van der Waals surface area contributed by atoms with E-state index in [1.165, 1.54) is 10.4 Å². The molecule has 0 bridgehead atoms. The number of nitrogens with zero attached hydrogens (tertiary/aromatic N) is 2. The lowest BCUT2D eigenvalue weighted by Gasteiger charge is -2.17. The Morgan fingerprint density at radius 3 is 3.10 bits per heavy atom. The second kappa shape index (κ2) is 5.70. The molecule has 2 aromatic rings. The summed E-state index contributed by atoms with van der Waals surface area (Å²) >= 11 is 3.78. The number of hydrogen-bond acceptors (Lipinski definition) is 4. The maximum absolute atomic E-state index is 9.39. The number of halogens is 1. The molecule has 0 amide bonds. The molecular formula is C15H13IN2OS. The minimum Gasteiger partial charge on any atom is -0.449 e. The second-order valence-electron chi connectivity index (χ2n) is 5.04. The smallest absolute Gasteiger partial charge is 0.164 e. The predicted molar refractivity (Wildman–Crippen MR) is 88.9 cm³/mol. The largest absolute Gasteiger partial charge is 0.449 e. The molecule has 3 rings (SSSR count). The van der Waals surface area contributed by atoms with Crippen molar-refractivity contribution in [3.8, 4) is 6.07 Å². The fourth-order valence-corrected chi connectivity index (χ4v) is 4.20. The van der Waals surface area contributed by atoms with Crippen molar-refractivity contribution in [3.63, 3.8) is 0 Å². The molecule has 0 N–H and O–H groups in total. The van der Waals surface area contributed by atoms with Gasteiger partial charge in [-0.3, -0.25) is 0 Å². The molecule has 0 aromatic carbocycles. The first kappa shape index (κ1) is 13.8. The van der Waals surface area contributed by atoms with Crippen molar-refractivity contribution in [2.24, 2.45) is 10.9 Å². The number of furan rings is 1. The van der Waals surface area contributed by atoms with Gasteiger partial charge in [0.2, 0.25) is 0 Å². The Hall–Kier alpha value is -1.13. The fourth-order valence-electron chi connectivity index (χ4n) is 2.46. The third kappa shape index (κ3) is 2.67. The van der Waals surface area contributed by atoms with E-state index in [-0.39, 0.29) is 0 Å². The molecule has 0 radical (unpaired) electrons. The third-order valence-electron chi connectivity index (χ3n) is 3.51. The molecular weight excluding hydrogens is 383 g/mol. The molecule has 1 aliphatic carbocycles. The first-order valence-corrected chi connectivity index (χ1v) is 8.41. The van der Waals surface area contributed by atoms with Gasteiger partial charge < -0.3 is 4.42 Å². The number of thiophene rings is 1. The van der Waals surface area contributed by atoms with Crippen LogP contribution in [0, 0.1) is 21.0 Å². The van der Waals surface area contributed by atoms with Crippen LogP contribution in [0.5, 0.6) is 0 Å². The Bertz CT molecular complexity index is 708. The van der Waals surface area contributed by atoms with Crippen LogP contribution in [0.2, 0.25) is 0 Å². The zero-order valence-electron chi connectivity index (χ0n) is 11.0. The average Bonchev–Trinajstić information content (AvgIpc) is 2.98. The van der Waals surface area contributed by atoms with Crippen LogP contribution in [0.1, 0.15) is 35.1 Å². The normalized spacial score (nSPS) is 18.1. The molecule has 5 heteroatoms. The van der Waals surface area contributed by atoms with E-state index in [4.69, 9.17) is 4.42 Å². The summed E-state index contributed by atoms with van der Waals surface area (Å²) in [6, 6.07) is 6.10. The van der Waals surface area contributed by atoms with Crippen LogP contribution >= 0.6 is 33.9 Å². The number of hydrogen-bond donors (Lipinski definition) is 0. The van der Waals surface area contributed by atoms with Crippen LogP contribution in [0.4, 0.5) is 5.00 Å². The van der Waals surface area contributed by atoms with Gasteiger partial charge >= 0.3 is 0 Å². The first-order chi connectivity index (χ1) is 9.67. The first-order valence-electron chi connectivity index (χ1n) is 6.51. The second-order valence-corrected chi connectivity index (χ2v) is 7.19. The summed E-state index contributed by atoms with van der Waals surface area (Å²) in [6.45, 7) is 2.27. The van der Waals surface area contributed by atoms with Gasteiger partial charge in [-0.1, -0.05) is 6.92 Å². The van der Waals surface area contributed by atoms with Crippen molar-refractivity contribution < 1.29 is 4.42 Å². The fraction of sp³-hybridized carbons (Fsp3) is 0.333. The van der Waals surface area contributed by atoms with E-state index in [1.54, 1.807) is 17.6 Å². The van der Waals surface area contributed by atoms with Crippen molar-refractivity contribution in [2.45, 2.75) is 26.2 Å². The van der Waals surface area contributed by atoms with E-state index in [0.29, 0.717) is 5.92 Å². The number of fused-ring (bicyclic) bond motifs is 1. The van der Waals surface area contributed by atoms with Crippen LogP contribution in [-0.4, -0.2) is 6.21 Å². The number of rotatable bonds is 2. The molecule has 1 unspecified atom stereocenters. The van der Waals surface area contributed by atoms with Gasteiger partial charge in [-0.25, -0.2) is 4.99 Å². The Morgan fingerprint density at radius 1 is 1.55 bits per heavy atom. The molecule has 1 atom stereocenters.